The summed E-state index contributed by atoms with van der Waals surface area (Å²) in [6.45, 7) is 5.49. The molecule has 0 spiro atoms. The topological polar surface area (TPSA) is 76.1 Å². The van der Waals surface area contributed by atoms with Crippen LogP contribution in [0.4, 0.5) is 21.6 Å². The summed E-state index contributed by atoms with van der Waals surface area (Å²) in [4.78, 5) is 21.1. The second-order valence-electron chi connectivity index (χ2n) is 6.41. The van der Waals surface area contributed by atoms with E-state index in [-0.39, 0.29) is 17.5 Å². The molecule has 2 N–H and O–H groups in total. The van der Waals surface area contributed by atoms with E-state index in [1.807, 2.05) is 19.9 Å². The third kappa shape index (κ3) is 4.82. The lowest BCUT2D eigenvalue weighted by molar-refractivity contribution is 0.102. The van der Waals surface area contributed by atoms with Gasteiger partial charge in [0.05, 0.1) is 17.5 Å². The van der Waals surface area contributed by atoms with Crippen molar-refractivity contribution in [1.29, 1.82) is 0 Å². The van der Waals surface area contributed by atoms with Gasteiger partial charge in [-0.2, -0.15) is 0 Å². The van der Waals surface area contributed by atoms with E-state index in [1.54, 1.807) is 43.3 Å². The molecule has 1 aromatic heterocycles. The fourth-order valence-corrected chi connectivity index (χ4v) is 2.56. The molecule has 0 aliphatic heterocycles. The number of nitrogens with zero attached hydrogens (tertiary/aromatic N) is 2. The predicted molar refractivity (Wildman–Crippen MR) is 107 cm³/mol. The van der Waals surface area contributed by atoms with Gasteiger partial charge < -0.3 is 15.4 Å². The number of ether oxygens (including phenoxy) is 1. The zero-order chi connectivity index (χ0) is 20.1. The maximum Gasteiger partial charge on any atom is 0.274 e. The Labute approximate surface area is 162 Å². The van der Waals surface area contributed by atoms with Crippen molar-refractivity contribution in [2.45, 2.75) is 26.9 Å². The molecule has 0 aliphatic carbocycles. The van der Waals surface area contributed by atoms with Crippen molar-refractivity contribution in [2.75, 3.05) is 10.6 Å². The molecule has 0 saturated heterocycles. The molecule has 28 heavy (non-hydrogen) atoms. The summed E-state index contributed by atoms with van der Waals surface area (Å²) in [6.07, 6.45) is -0.0316. The van der Waals surface area contributed by atoms with Crippen molar-refractivity contribution in [2.24, 2.45) is 0 Å². The lowest BCUT2D eigenvalue weighted by atomic mass is 10.2. The molecule has 0 radical (unpaired) electrons. The van der Waals surface area contributed by atoms with Gasteiger partial charge in [0.2, 0.25) is 0 Å². The van der Waals surface area contributed by atoms with E-state index in [1.165, 1.54) is 12.1 Å². The monoisotopic (exact) mass is 380 g/mol. The van der Waals surface area contributed by atoms with E-state index in [0.717, 1.165) is 0 Å². The maximum atomic E-state index is 13.9. The highest BCUT2D eigenvalue weighted by Gasteiger charge is 2.14. The summed E-state index contributed by atoms with van der Waals surface area (Å²) < 4.78 is 19.6. The van der Waals surface area contributed by atoms with E-state index in [2.05, 4.69) is 20.6 Å². The fourth-order valence-electron chi connectivity index (χ4n) is 2.56. The van der Waals surface area contributed by atoms with Gasteiger partial charge in [-0.05, 0) is 45.0 Å². The van der Waals surface area contributed by atoms with Crippen molar-refractivity contribution < 1.29 is 13.9 Å². The maximum absolute atomic E-state index is 13.9. The van der Waals surface area contributed by atoms with E-state index >= 15 is 0 Å². The molecule has 1 heterocycles. The van der Waals surface area contributed by atoms with Gasteiger partial charge in [-0.1, -0.05) is 24.3 Å². The molecule has 2 aromatic carbocycles. The van der Waals surface area contributed by atoms with Gasteiger partial charge in [0.25, 0.3) is 5.91 Å². The number of hydrogen-bond donors (Lipinski definition) is 2. The molecule has 3 aromatic rings. The van der Waals surface area contributed by atoms with Crippen LogP contribution >= 0.6 is 0 Å². The second kappa shape index (κ2) is 8.47. The summed E-state index contributed by atoms with van der Waals surface area (Å²) >= 11 is 0. The number of anilines is 3. The van der Waals surface area contributed by atoms with Gasteiger partial charge in [-0.25, -0.2) is 14.4 Å². The average molecular weight is 380 g/mol. The predicted octanol–water partition coefficient (Wildman–Crippen LogP) is 4.71. The van der Waals surface area contributed by atoms with E-state index < -0.39 is 11.7 Å². The zero-order valence-electron chi connectivity index (χ0n) is 15.9. The number of amides is 1. The molecule has 0 unspecified atom stereocenters. The SMILES string of the molecule is Cc1nc(Nc2ccccc2F)cc(C(=O)Nc2ccccc2OC(C)C)n1. The van der Waals surface area contributed by atoms with Crippen molar-refractivity contribution in [3.63, 3.8) is 0 Å². The van der Waals surface area contributed by atoms with Crippen LogP contribution in [0.3, 0.4) is 0 Å². The Morgan fingerprint density at radius 2 is 1.71 bits per heavy atom. The van der Waals surface area contributed by atoms with E-state index in [4.69, 9.17) is 4.74 Å². The number of carbonyl (C=O) groups excluding carboxylic acids is 1. The highest BCUT2D eigenvalue weighted by molar-refractivity contribution is 6.04. The van der Waals surface area contributed by atoms with Crippen molar-refractivity contribution in [3.05, 3.63) is 71.9 Å². The van der Waals surface area contributed by atoms with Crippen LogP contribution in [-0.2, 0) is 0 Å². The normalized spacial score (nSPS) is 10.6. The molecular formula is C21H21FN4O2. The minimum absolute atomic E-state index is 0.0316. The van der Waals surface area contributed by atoms with Crippen LogP contribution in [0.1, 0.15) is 30.2 Å². The van der Waals surface area contributed by atoms with Crippen molar-refractivity contribution >= 4 is 23.1 Å². The van der Waals surface area contributed by atoms with Gasteiger partial charge in [0.1, 0.15) is 28.9 Å². The number of aryl methyl sites for hydroxylation is 1. The van der Waals surface area contributed by atoms with Gasteiger partial charge in [0, 0.05) is 6.07 Å². The van der Waals surface area contributed by atoms with Crippen molar-refractivity contribution in [3.8, 4) is 5.75 Å². The summed E-state index contributed by atoms with van der Waals surface area (Å²) in [5.41, 5.74) is 0.967. The first-order chi connectivity index (χ1) is 13.4. The first kappa shape index (κ1) is 19.3. The largest absolute Gasteiger partial charge is 0.489 e. The molecule has 0 bridgehead atoms. The molecule has 0 fully saturated rings. The Bertz CT molecular complexity index is 992. The zero-order valence-corrected chi connectivity index (χ0v) is 15.9. The van der Waals surface area contributed by atoms with Crippen LogP contribution in [0.2, 0.25) is 0 Å². The molecule has 144 valence electrons. The summed E-state index contributed by atoms with van der Waals surface area (Å²) in [7, 11) is 0. The number of aromatic nitrogens is 2. The van der Waals surface area contributed by atoms with Crippen LogP contribution < -0.4 is 15.4 Å². The standard InChI is InChI=1S/C21H21FN4O2/c1-13(2)28-19-11-7-6-10-17(19)26-21(27)18-12-20(24-14(3)23-18)25-16-9-5-4-8-15(16)22/h4-13H,1-3H3,(H,26,27)(H,23,24,25). The molecule has 0 saturated carbocycles. The molecular weight excluding hydrogens is 359 g/mol. The van der Waals surface area contributed by atoms with Crippen molar-refractivity contribution in [1.82, 2.24) is 9.97 Å². The molecule has 7 heteroatoms. The smallest absolute Gasteiger partial charge is 0.274 e. The number of hydrogen-bond acceptors (Lipinski definition) is 5. The highest BCUT2D eigenvalue weighted by atomic mass is 19.1. The number of rotatable bonds is 6. The summed E-state index contributed by atoms with van der Waals surface area (Å²) in [5.74, 6) is 0.459. The summed E-state index contributed by atoms with van der Waals surface area (Å²) in [6, 6.07) is 14.9. The third-order valence-electron chi connectivity index (χ3n) is 3.71. The third-order valence-corrected chi connectivity index (χ3v) is 3.71. The Morgan fingerprint density at radius 3 is 2.43 bits per heavy atom. The minimum atomic E-state index is -0.415. The van der Waals surface area contributed by atoms with Crippen LogP contribution in [-0.4, -0.2) is 22.0 Å². The van der Waals surface area contributed by atoms with Crippen LogP contribution in [0.15, 0.2) is 54.6 Å². The molecule has 0 aliphatic rings. The van der Waals surface area contributed by atoms with Crippen LogP contribution in [0, 0.1) is 12.7 Å². The molecule has 0 atom stereocenters. The van der Waals surface area contributed by atoms with E-state index in [0.29, 0.717) is 23.1 Å². The fraction of sp³-hybridized carbons (Fsp3) is 0.190. The second-order valence-corrected chi connectivity index (χ2v) is 6.41. The Balaban J connectivity index is 1.83. The van der Waals surface area contributed by atoms with Crippen LogP contribution in [0.25, 0.3) is 0 Å². The van der Waals surface area contributed by atoms with Crippen LogP contribution in [0.5, 0.6) is 5.75 Å². The van der Waals surface area contributed by atoms with Gasteiger partial charge >= 0.3 is 0 Å². The average Bonchev–Trinajstić information content (AvgIpc) is 2.64. The molecule has 3 rings (SSSR count). The lowest BCUT2D eigenvalue weighted by Gasteiger charge is -2.15. The first-order valence-corrected chi connectivity index (χ1v) is 8.86. The number of benzene rings is 2. The Hall–Kier alpha value is -3.48. The van der Waals surface area contributed by atoms with E-state index in [9.17, 15) is 9.18 Å². The Kier molecular flexibility index (Phi) is 5.84. The molecule has 6 nitrogen and oxygen atoms in total. The number of nitrogens with one attached hydrogen (secondary N) is 2. The highest BCUT2D eigenvalue weighted by Crippen LogP contribution is 2.26. The lowest BCUT2D eigenvalue weighted by Crippen LogP contribution is -2.17. The summed E-state index contributed by atoms with van der Waals surface area (Å²) in [5, 5.41) is 5.68. The molecule has 1 amide bonds. The number of halogens is 1. The van der Waals surface area contributed by atoms with Gasteiger partial charge in [0.15, 0.2) is 0 Å². The van der Waals surface area contributed by atoms with Gasteiger partial charge in [-0.15, -0.1) is 0 Å². The first-order valence-electron chi connectivity index (χ1n) is 8.86. The number of para-hydroxylation sites is 3. The van der Waals surface area contributed by atoms with Gasteiger partial charge in [-0.3, -0.25) is 4.79 Å². The Morgan fingerprint density at radius 1 is 1.04 bits per heavy atom. The number of carbonyl (C=O) groups is 1. The minimum Gasteiger partial charge on any atom is -0.489 e. The quantitative estimate of drug-likeness (QED) is 0.648.